The van der Waals surface area contributed by atoms with Gasteiger partial charge in [0.05, 0.1) is 42.1 Å². The summed E-state index contributed by atoms with van der Waals surface area (Å²) in [5.41, 5.74) is 2.05. The second-order valence-corrected chi connectivity index (χ2v) is 20.4. The Morgan fingerprint density at radius 2 is 1.17 bits per heavy atom. The molecule has 2 atom stereocenters. The Morgan fingerprint density at radius 1 is 0.723 bits per heavy atom. The molecule has 0 radical (unpaired) electrons. The van der Waals surface area contributed by atoms with Gasteiger partial charge in [0, 0.05) is 47.1 Å². The molecule has 4 aromatic heterocycles. The number of fused-ring (bicyclic) bond motifs is 2. The van der Waals surface area contributed by atoms with E-state index in [0.717, 1.165) is 35.5 Å². The zero-order valence-corrected chi connectivity index (χ0v) is 41.6. The van der Waals surface area contributed by atoms with Crippen LogP contribution in [-0.2, 0) is 9.47 Å². The first-order chi connectivity index (χ1) is 31.0. The number of rotatable bonds is 10. The summed E-state index contributed by atoms with van der Waals surface area (Å²) in [4.78, 5) is 39.0. The van der Waals surface area contributed by atoms with Crippen LogP contribution < -0.4 is 4.74 Å². The summed E-state index contributed by atoms with van der Waals surface area (Å²) in [6, 6.07) is 10.3. The number of carbonyl (C=O) groups excluding carboxylic acids is 2. The summed E-state index contributed by atoms with van der Waals surface area (Å²) in [5.74, 6) is 0.0806. The van der Waals surface area contributed by atoms with Gasteiger partial charge in [-0.3, -0.25) is 0 Å². The number of aliphatic hydroxyl groups is 1. The fraction of sp³-hybridized carbons (Fsp3) is 0.500. The van der Waals surface area contributed by atoms with Crippen LogP contribution in [0.1, 0.15) is 67.2 Å². The summed E-state index contributed by atoms with van der Waals surface area (Å²) < 4.78 is 48.4. The van der Waals surface area contributed by atoms with Crippen LogP contribution in [0, 0.1) is 23.5 Å². The van der Waals surface area contributed by atoms with Gasteiger partial charge in [-0.2, -0.15) is 0 Å². The first kappa shape index (κ1) is 50.2. The van der Waals surface area contributed by atoms with Crippen molar-refractivity contribution in [2.45, 2.75) is 101 Å². The molecular formula is C44H55ClF2N8O6S4. The minimum Gasteiger partial charge on any atom is -0.466 e. The van der Waals surface area contributed by atoms with E-state index in [0.29, 0.717) is 80.1 Å². The van der Waals surface area contributed by atoms with E-state index in [1.165, 1.54) is 58.3 Å². The number of amides is 2. The molecule has 1 N–H and O–H groups in total. The van der Waals surface area contributed by atoms with Crippen molar-refractivity contribution in [1.29, 1.82) is 0 Å². The van der Waals surface area contributed by atoms with Gasteiger partial charge in [-0.25, -0.2) is 37.4 Å². The molecule has 2 saturated heterocycles. The molecule has 2 unspecified atom stereocenters. The number of hydrogen-bond acceptors (Lipinski definition) is 14. The molecule has 0 saturated carbocycles. The number of hydrogen-bond donors (Lipinski definition) is 1. The second kappa shape index (κ2) is 23.0. The van der Waals surface area contributed by atoms with Crippen LogP contribution in [0.4, 0.5) is 18.4 Å². The van der Waals surface area contributed by atoms with Crippen LogP contribution in [-0.4, -0.2) is 119 Å². The maximum Gasteiger partial charge on any atom is 0.410 e. The van der Waals surface area contributed by atoms with Gasteiger partial charge < -0.3 is 29.1 Å². The minimum absolute atomic E-state index is 0.0369. The van der Waals surface area contributed by atoms with Crippen LogP contribution in [0.3, 0.4) is 0 Å². The minimum atomic E-state index is -0.295. The number of imidazole rings is 2. The lowest BCUT2D eigenvalue weighted by atomic mass is 9.92. The number of likely N-dealkylation sites (tertiary alicyclic amines) is 2. The fourth-order valence-electron chi connectivity index (χ4n) is 7.25. The zero-order valence-electron chi connectivity index (χ0n) is 37.6. The smallest absolute Gasteiger partial charge is 0.410 e. The number of halogens is 3. The lowest BCUT2D eigenvalue weighted by Gasteiger charge is -2.34. The normalized spacial score (nSPS) is 15.7. The Kier molecular flexibility index (Phi) is 17.8. The Labute approximate surface area is 399 Å². The second-order valence-electron chi connectivity index (χ2n) is 16.2. The summed E-state index contributed by atoms with van der Waals surface area (Å²) in [5, 5.41) is 18.5. The number of thioether (sulfide) groups is 2. The van der Waals surface area contributed by atoms with E-state index in [1.54, 1.807) is 43.4 Å². The molecular weight excluding hydrogens is 938 g/mol. The highest BCUT2D eigenvalue weighted by Crippen LogP contribution is 2.32. The van der Waals surface area contributed by atoms with Crippen molar-refractivity contribution >= 4 is 79.9 Å². The van der Waals surface area contributed by atoms with Crippen molar-refractivity contribution in [3.63, 3.8) is 0 Å². The van der Waals surface area contributed by atoms with Crippen molar-refractivity contribution < 1.29 is 37.7 Å². The highest BCUT2D eigenvalue weighted by molar-refractivity contribution is 7.98. The van der Waals surface area contributed by atoms with Gasteiger partial charge in [-0.05, 0) is 151 Å². The number of aromatic nitrogens is 6. The molecule has 0 bridgehead atoms. The van der Waals surface area contributed by atoms with Crippen LogP contribution in [0.2, 0.25) is 4.47 Å². The Bertz CT molecular complexity index is 2450. The van der Waals surface area contributed by atoms with Gasteiger partial charge in [0.25, 0.3) is 5.19 Å². The van der Waals surface area contributed by atoms with Gasteiger partial charge in [-0.1, -0.05) is 11.3 Å². The average Bonchev–Trinajstić information content (AvgIpc) is 4.04. The molecule has 0 spiro atoms. The molecule has 21 heteroatoms. The average molecular weight is 994 g/mol. The molecule has 8 rings (SSSR count). The van der Waals surface area contributed by atoms with Crippen molar-refractivity contribution in [3.8, 4) is 27.7 Å². The van der Waals surface area contributed by atoms with E-state index in [2.05, 4.69) is 20.2 Å². The third kappa shape index (κ3) is 13.5. The molecule has 352 valence electrons. The topological polar surface area (TPSA) is 149 Å². The van der Waals surface area contributed by atoms with Crippen LogP contribution in [0.5, 0.6) is 5.19 Å². The first-order valence-corrected chi connectivity index (χ1v) is 25.8. The van der Waals surface area contributed by atoms with Gasteiger partial charge in [0.15, 0.2) is 0 Å². The van der Waals surface area contributed by atoms with E-state index in [4.69, 9.17) is 25.8 Å². The lowest BCUT2D eigenvalue weighted by Crippen LogP contribution is -2.42. The highest BCUT2D eigenvalue weighted by atomic mass is 35.5. The van der Waals surface area contributed by atoms with E-state index < -0.39 is 0 Å². The molecule has 2 aromatic carbocycles. The van der Waals surface area contributed by atoms with E-state index in [1.807, 2.05) is 66.2 Å². The largest absolute Gasteiger partial charge is 0.466 e. The molecule has 6 heterocycles. The van der Waals surface area contributed by atoms with E-state index in [9.17, 15) is 23.5 Å². The van der Waals surface area contributed by atoms with Crippen molar-refractivity contribution in [2.75, 3.05) is 38.7 Å². The monoisotopic (exact) mass is 992 g/mol. The Morgan fingerprint density at radius 3 is 1.57 bits per heavy atom. The summed E-state index contributed by atoms with van der Waals surface area (Å²) >= 11 is 11.4. The molecule has 2 fully saturated rings. The predicted octanol–water partition coefficient (Wildman–Crippen LogP) is 10.9. The van der Waals surface area contributed by atoms with Gasteiger partial charge in [-0.15, -0.1) is 33.7 Å². The third-order valence-corrected chi connectivity index (χ3v) is 14.1. The van der Waals surface area contributed by atoms with Crippen molar-refractivity contribution in [2.24, 2.45) is 11.8 Å². The quantitative estimate of drug-likeness (QED) is 0.130. The number of carbonyl (C=O) groups is 2. The Balaban J connectivity index is 0.000000179. The Hall–Kier alpha value is -4.21. The van der Waals surface area contributed by atoms with Crippen LogP contribution in [0.25, 0.3) is 32.4 Å². The summed E-state index contributed by atoms with van der Waals surface area (Å²) in [6.07, 6.45) is 9.70. The molecule has 2 amide bonds. The number of ether oxygens (including phenoxy) is 3. The highest BCUT2D eigenvalue weighted by Gasteiger charge is 2.30. The molecule has 0 aliphatic carbocycles. The van der Waals surface area contributed by atoms with Crippen LogP contribution >= 0.6 is 57.8 Å². The first-order valence-electron chi connectivity index (χ1n) is 21.3. The third-order valence-electron chi connectivity index (χ3n) is 10.8. The number of aliphatic hydroxyl groups excluding tert-OH is 1. The molecule has 14 nitrogen and oxygen atoms in total. The maximum absolute atomic E-state index is 14.4. The summed E-state index contributed by atoms with van der Waals surface area (Å²) in [7, 11) is 0. The van der Waals surface area contributed by atoms with Crippen molar-refractivity contribution in [1.82, 2.24) is 39.0 Å². The molecule has 2 aliphatic rings. The summed E-state index contributed by atoms with van der Waals surface area (Å²) in [6.45, 7) is 14.0. The van der Waals surface area contributed by atoms with E-state index in [-0.39, 0.29) is 48.2 Å². The van der Waals surface area contributed by atoms with Crippen LogP contribution in [0.15, 0.2) is 58.6 Å². The van der Waals surface area contributed by atoms with Gasteiger partial charge >= 0.3 is 12.2 Å². The van der Waals surface area contributed by atoms with Crippen molar-refractivity contribution in [3.05, 3.63) is 64.9 Å². The fourth-order valence-corrected chi connectivity index (χ4v) is 9.82. The molecule has 65 heavy (non-hydrogen) atoms. The standard InChI is InChI=1S/C22H27FN4O3S2.C11H7ClFN3S2.C11H21NO3/c1-13(2)29-22(28)26-9-7-15(8-10-26)14(3)30-21-25-27-12-19(24-20(27)32-21)17-6-5-16(31-4)11-18(17)23;1-17-6-2-3-7(8(13)4-6)9-5-16-11(14-9)18-10(12)15-16;1-8(2)15-11(14)12-6-4-10(5-7-12)9(3)13/h5-6,11-15H,7-10H2,1-4H3;2-5H,1H3;8-10,13H,4-7H2,1-3H3. The number of piperidine rings is 2. The number of nitrogens with zero attached hydrogens (tertiary/aromatic N) is 8. The molecule has 2 aliphatic heterocycles. The maximum atomic E-state index is 14.4. The predicted molar refractivity (Wildman–Crippen MR) is 255 cm³/mol. The zero-order chi connectivity index (χ0) is 46.9. The SMILES string of the molecule is CC(C)OC(=O)N1CCC(C(C)O)CC1.CSc1ccc(-c2cn3nc(Cl)sc3n2)c(F)c1.CSc1ccc(-c2cn3nc(OC(C)C4CCN(C(=O)OC(C)C)CC4)sc3n2)c(F)c1. The molecule has 6 aromatic rings. The number of benzene rings is 2. The lowest BCUT2D eigenvalue weighted by molar-refractivity contribution is 0.0436. The van der Waals surface area contributed by atoms with Gasteiger partial charge in [0.2, 0.25) is 14.4 Å². The van der Waals surface area contributed by atoms with E-state index >= 15 is 0 Å². The van der Waals surface area contributed by atoms with Gasteiger partial charge in [0.1, 0.15) is 17.7 Å².